The summed E-state index contributed by atoms with van der Waals surface area (Å²) in [5.74, 6) is 5.27. The molecule has 3 heteroatoms. The van der Waals surface area contributed by atoms with Crippen molar-refractivity contribution < 1.29 is 14.3 Å². The highest BCUT2D eigenvalue weighted by Gasteiger charge is 2.10. The largest absolute Gasteiger partial charge is 0.497 e. The molecule has 0 heterocycles. The summed E-state index contributed by atoms with van der Waals surface area (Å²) in [6, 6.07) is 15.8. The first kappa shape index (κ1) is 14.5. The van der Waals surface area contributed by atoms with E-state index in [4.69, 9.17) is 4.74 Å². The topological polar surface area (TPSA) is 43.4 Å². The fourth-order valence-corrected chi connectivity index (χ4v) is 1.73. The molecular formula is C18H14O3. The van der Waals surface area contributed by atoms with Gasteiger partial charge in [0, 0.05) is 11.1 Å². The van der Waals surface area contributed by atoms with Gasteiger partial charge in [-0.15, -0.1) is 0 Å². The number of ketones is 2. The fourth-order valence-electron chi connectivity index (χ4n) is 1.73. The SMILES string of the molecule is COc1ccc(C(=O)CC(=O)C#Cc2ccccc2)cc1. The summed E-state index contributed by atoms with van der Waals surface area (Å²) in [6.07, 6.45) is -0.216. The average Bonchev–Trinajstić information content (AvgIpc) is 2.54. The molecule has 0 N–H and O–H groups in total. The van der Waals surface area contributed by atoms with E-state index < -0.39 is 0 Å². The van der Waals surface area contributed by atoms with Gasteiger partial charge >= 0.3 is 0 Å². The van der Waals surface area contributed by atoms with Crippen molar-refractivity contribution in [3.63, 3.8) is 0 Å². The molecule has 0 spiro atoms. The number of rotatable bonds is 4. The lowest BCUT2D eigenvalue weighted by Gasteiger charge is -2.01. The van der Waals surface area contributed by atoms with Crippen molar-refractivity contribution in [2.24, 2.45) is 0 Å². The fraction of sp³-hybridized carbons (Fsp3) is 0.111. The Morgan fingerprint density at radius 3 is 2.29 bits per heavy atom. The van der Waals surface area contributed by atoms with E-state index in [-0.39, 0.29) is 18.0 Å². The molecule has 0 aliphatic rings. The van der Waals surface area contributed by atoms with Gasteiger partial charge in [0.25, 0.3) is 0 Å². The maximum atomic E-state index is 11.9. The van der Waals surface area contributed by atoms with Crippen molar-refractivity contribution in [1.82, 2.24) is 0 Å². The van der Waals surface area contributed by atoms with E-state index in [0.29, 0.717) is 11.3 Å². The highest BCUT2D eigenvalue weighted by Crippen LogP contribution is 2.12. The molecule has 2 rings (SSSR count). The number of hydrogen-bond acceptors (Lipinski definition) is 3. The summed E-state index contributed by atoms with van der Waals surface area (Å²) < 4.78 is 5.02. The molecule has 0 saturated carbocycles. The number of carbonyl (C=O) groups is 2. The van der Waals surface area contributed by atoms with E-state index in [1.54, 1.807) is 31.4 Å². The second-order valence-corrected chi connectivity index (χ2v) is 4.37. The van der Waals surface area contributed by atoms with Gasteiger partial charge in [-0.2, -0.15) is 0 Å². The molecule has 0 unspecified atom stereocenters. The minimum atomic E-state index is -0.389. The van der Waals surface area contributed by atoms with Crippen LogP contribution in [0.2, 0.25) is 0 Å². The second-order valence-electron chi connectivity index (χ2n) is 4.37. The minimum Gasteiger partial charge on any atom is -0.497 e. The standard InChI is InChI=1S/C18H14O3/c1-21-17-11-8-15(9-12-17)18(20)13-16(19)10-7-14-5-3-2-4-6-14/h2-6,8-9,11-12H,13H2,1H3. The van der Waals surface area contributed by atoms with E-state index in [1.165, 1.54) is 0 Å². The molecule has 0 saturated heterocycles. The van der Waals surface area contributed by atoms with E-state index in [2.05, 4.69) is 11.8 Å². The molecule has 3 nitrogen and oxygen atoms in total. The molecule has 0 atom stereocenters. The van der Waals surface area contributed by atoms with Crippen molar-refractivity contribution in [3.05, 3.63) is 65.7 Å². The lowest BCUT2D eigenvalue weighted by atomic mass is 10.1. The molecule has 21 heavy (non-hydrogen) atoms. The lowest BCUT2D eigenvalue weighted by molar-refractivity contribution is -0.113. The van der Waals surface area contributed by atoms with Crippen molar-refractivity contribution >= 4 is 11.6 Å². The van der Waals surface area contributed by atoms with E-state index >= 15 is 0 Å². The molecule has 104 valence electrons. The third-order valence-electron chi connectivity index (χ3n) is 2.85. The zero-order valence-electron chi connectivity index (χ0n) is 11.6. The second kappa shape index (κ2) is 7.06. The van der Waals surface area contributed by atoms with Gasteiger partial charge in [0.15, 0.2) is 5.78 Å². The number of hydrogen-bond donors (Lipinski definition) is 0. The third kappa shape index (κ3) is 4.32. The Balaban J connectivity index is 1.99. The Bertz CT molecular complexity index is 689. The summed E-state index contributed by atoms with van der Waals surface area (Å²) in [5, 5.41) is 0. The molecule has 0 aromatic heterocycles. The summed E-state index contributed by atoms with van der Waals surface area (Å²) in [6.45, 7) is 0. The summed E-state index contributed by atoms with van der Waals surface area (Å²) in [5.41, 5.74) is 1.23. The molecule has 0 aliphatic carbocycles. The Kier molecular flexibility index (Phi) is 4.89. The third-order valence-corrected chi connectivity index (χ3v) is 2.85. The smallest absolute Gasteiger partial charge is 0.213 e. The van der Waals surface area contributed by atoms with Crippen LogP contribution < -0.4 is 4.74 Å². The zero-order valence-corrected chi connectivity index (χ0v) is 11.6. The monoisotopic (exact) mass is 278 g/mol. The molecule has 0 aliphatic heterocycles. The van der Waals surface area contributed by atoms with Gasteiger partial charge in [0.2, 0.25) is 5.78 Å². The lowest BCUT2D eigenvalue weighted by Crippen LogP contribution is -2.06. The van der Waals surface area contributed by atoms with Crippen LogP contribution in [0.5, 0.6) is 5.75 Å². The molecule has 0 amide bonds. The van der Waals surface area contributed by atoms with Crippen molar-refractivity contribution in [2.45, 2.75) is 6.42 Å². The summed E-state index contributed by atoms with van der Waals surface area (Å²) in [4.78, 5) is 23.6. The van der Waals surface area contributed by atoms with Crippen molar-refractivity contribution in [3.8, 4) is 17.6 Å². The van der Waals surface area contributed by atoms with Crippen LogP contribution in [-0.4, -0.2) is 18.7 Å². The quantitative estimate of drug-likeness (QED) is 0.490. The van der Waals surface area contributed by atoms with Gasteiger partial charge in [-0.1, -0.05) is 24.1 Å². The first-order chi connectivity index (χ1) is 10.2. The predicted octanol–water partition coefficient (Wildman–Crippen LogP) is 2.89. The minimum absolute atomic E-state index is 0.216. The van der Waals surface area contributed by atoms with Gasteiger partial charge < -0.3 is 4.74 Å². The van der Waals surface area contributed by atoms with Gasteiger partial charge in [-0.25, -0.2) is 0 Å². The van der Waals surface area contributed by atoms with Crippen LogP contribution in [0.1, 0.15) is 22.3 Å². The zero-order chi connectivity index (χ0) is 15.1. The summed E-state index contributed by atoms with van der Waals surface area (Å²) in [7, 11) is 1.56. The molecule has 0 bridgehead atoms. The number of Topliss-reactive ketones (excluding diaryl/α,β-unsaturated/α-hetero) is 2. The van der Waals surface area contributed by atoms with Crippen LogP contribution in [0.3, 0.4) is 0 Å². The van der Waals surface area contributed by atoms with Crippen LogP contribution in [-0.2, 0) is 4.79 Å². The van der Waals surface area contributed by atoms with Crippen molar-refractivity contribution in [1.29, 1.82) is 0 Å². The van der Waals surface area contributed by atoms with Crippen LogP contribution in [0.4, 0.5) is 0 Å². The van der Waals surface area contributed by atoms with E-state index in [0.717, 1.165) is 5.56 Å². The van der Waals surface area contributed by atoms with Crippen molar-refractivity contribution in [2.75, 3.05) is 7.11 Å². The highest BCUT2D eigenvalue weighted by molar-refractivity contribution is 6.13. The maximum absolute atomic E-state index is 11.9. The molecule has 2 aromatic rings. The summed E-state index contributed by atoms with van der Waals surface area (Å²) >= 11 is 0. The Morgan fingerprint density at radius 2 is 1.67 bits per heavy atom. The normalized spacial score (nSPS) is 9.38. The molecule has 2 aromatic carbocycles. The van der Waals surface area contributed by atoms with Crippen LogP contribution >= 0.6 is 0 Å². The first-order valence-electron chi connectivity index (χ1n) is 6.46. The maximum Gasteiger partial charge on any atom is 0.213 e. The van der Waals surface area contributed by atoms with Gasteiger partial charge in [0.1, 0.15) is 5.75 Å². The number of carbonyl (C=O) groups excluding carboxylic acids is 2. The predicted molar refractivity (Wildman–Crippen MR) is 80.3 cm³/mol. The highest BCUT2D eigenvalue weighted by atomic mass is 16.5. The Labute approximate surface area is 123 Å². The van der Waals surface area contributed by atoms with Gasteiger partial charge in [-0.3, -0.25) is 9.59 Å². The number of ether oxygens (including phenoxy) is 1. The van der Waals surface area contributed by atoms with E-state index in [9.17, 15) is 9.59 Å². The molecular weight excluding hydrogens is 264 g/mol. The van der Waals surface area contributed by atoms with Gasteiger partial charge in [-0.05, 0) is 42.3 Å². The van der Waals surface area contributed by atoms with Gasteiger partial charge in [0.05, 0.1) is 13.5 Å². The molecule has 0 radical (unpaired) electrons. The number of benzene rings is 2. The van der Waals surface area contributed by atoms with Crippen LogP contribution in [0.25, 0.3) is 0 Å². The number of methoxy groups -OCH3 is 1. The van der Waals surface area contributed by atoms with Crippen LogP contribution in [0.15, 0.2) is 54.6 Å². The Morgan fingerprint density at radius 1 is 1.00 bits per heavy atom. The Hall–Kier alpha value is -2.86. The van der Waals surface area contributed by atoms with E-state index in [1.807, 2.05) is 30.3 Å². The molecule has 0 fully saturated rings. The van der Waals surface area contributed by atoms with Crippen LogP contribution in [0, 0.1) is 11.8 Å². The average molecular weight is 278 g/mol. The first-order valence-corrected chi connectivity index (χ1v) is 6.46.